The lowest BCUT2D eigenvalue weighted by molar-refractivity contribution is 0.474. The van der Waals surface area contributed by atoms with E-state index in [-0.39, 0.29) is 0 Å². The molecule has 1 aromatic carbocycles. The summed E-state index contributed by atoms with van der Waals surface area (Å²) in [6, 6.07) is 8.21. The predicted molar refractivity (Wildman–Crippen MR) is 74.8 cm³/mol. The Morgan fingerprint density at radius 3 is 2.94 bits per heavy atom. The van der Waals surface area contributed by atoms with Crippen LogP contribution in [-0.2, 0) is 0 Å². The monoisotopic (exact) mass is 263 g/mol. The van der Waals surface area contributed by atoms with E-state index in [1.165, 1.54) is 12.8 Å². The Hall–Kier alpha value is -1.24. The number of halogens is 1. The normalized spacial score (nSPS) is 22.8. The maximum absolute atomic E-state index is 9.23. The number of nitrogens with zero attached hydrogens (tertiary/aromatic N) is 2. The molecular weight excluding hydrogens is 246 g/mol. The lowest BCUT2D eigenvalue weighted by atomic mass is 10.0. The van der Waals surface area contributed by atoms with E-state index in [0.29, 0.717) is 29.1 Å². The van der Waals surface area contributed by atoms with Gasteiger partial charge in [0.25, 0.3) is 0 Å². The van der Waals surface area contributed by atoms with Gasteiger partial charge in [-0.15, -0.1) is 0 Å². The molecule has 0 amide bonds. The van der Waals surface area contributed by atoms with E-state index in [1.54, 1.807) is 6.07 Å². The van der Waals surface area contributed by atoms with Crippen LogP contribution in [0.3, 0.4) is 0 Å². The van der Waals surface area contributed by atoms with Gasteiger partial charge in [0.15, 0.2) is 0 Å². The van der Waals surface area contributed by atoms with Gasteiger partial charge in [-0.3, -0.25) is 0 Å². The third kappa shape index (κ3) is 2.31. The minimum Gasteiger partial charge on any atom is -0.370 e. The number of nitrogens with two attached hydrogens (primary N) is 1. The van der Waals surface area contributed by atoms with Gasteiger partial charge in [0.05, 0.1) is 16.3 Å². The highest BCUT2D eigenvalue weighted by Gasteiger charge is 2.30. The number of hydrogen-bond donors (Lipinski definition) is 1. The summed E-state index contributed by atoms with van der Waals surface area (Å²) in [4.78, 5) is 2.18. The number of hydrogen-bond acceptors (Lipinski definition) is 3. The van der Waals surface area contributed by atoms with Crippen LogP contribution in [-0.4, -0.2) is 19.6 Å². The Balaban J connectivity index is 2.32. The average molecular weight is 264 g/mol. The molecule has 2 unspecified atom stereocenters. The van der Waals surface area contributed by atoms with Gasteiger partial charge in [-0.2, -0.15) is 5.26 Å². The topological polar surface area (TPSA) is 53.0 Å². The minimum absolute atomic E-state index is 0.417. The summed E-state index contributed by atoms with van der Waals surface area (Å²) >= 11 is 6.08. The van der Waals surface area contributed by atoms with Crippen LogP contribution in [0.1, 0.15) is 24.8 Å². The van der Waals surface area contributed by atoms with E-state index in [4.69, 9.17) is 17.3 Å². The second-order valence-corrected chi connectivity index (χ2v) is 5.26. The number of benzene rings is 1. The van der Waals surface area contributed by atoms with Crippen molar-refractivity contribution in [3.05, 3.63) is 28.8 Å². The zero-order valence-corrected chi connectivity index (χ0v) is 11.3. The van der Waals surface area contributed by atoms with Gasteiger partial charge in [-0.1, -0.05) is 24.1 Å². The Morgan fingerprint density at radius 2 is 2.28 bits per heavy atom. The second-order valence-electron chi connectivity index (χ2n) is 4.85. The molecule has 1 aromatic rings. The van der Waals surface area contributed by atoms with Crippen molar-refractivity contribution in [2.45, 2.75) is 25.3 Å². The third-order valence-corrected chi connectivity index (χ3v) is 4.22. The first-order chi connectivity index (χ1) is 8.69. The molecule has 0 heterocycles. The van der Waals surface area contributed by atoms with Crippen molar-refractivity contribution in [1.82, 2.24) is 0 Å². The Labute approximate surface area is 113 Å². The van der Waals surface area contributed by atoms with Crippen molar-refractivity contribution in [3.8, 4) is 6.07 Å². The molecule has 96 valence electrons. The van der Waals surface area contributed by atoms with Gasteiger partial charge in [0.1, 0.15) is 6.07 Å². The molecule has 1 aliphatic carbocycles. The first-order valence-corrected chi connectivity index (χ1v) is 6.68. The van der Waals surface area contributed by atoms with Crippen LogP contribution in [0.4, 0.5) is 5.69 Å². The molecule has 18 heavy (non-hydrogen) atoms. The summed E-state index contributed by atoms with van der Waals surface area (Å²) in [6.07, 6.45) is 3.52. The third-order valence-electron chi connectivity index (χ3n) is 3.90. The van der Waals surface area contributed by atoms with Gasteiger partial charge >= 0.3 is 0 Å². The van der Waals surface area contributed by atoms with Crippen LogP contribution in [0, 0.1) is 17.2 Å². The zero-order chi connectivity index (χ0) is 13.1. The summed E-state index contributed by atoms with van der Waals surface area (Å²) in [5.74, 6) is 0.514. The SMILES string of the molecule is CN(c1cccc(Cl)c1C#N)C1CCCC1CN. The highest BCUT2D eigenvalue weighted by atomic mass is 35.5. The molecule has 2 rings (SSSR count). The average Bonchev–Trinajstić information content (AvgIpc) is 2.85. The fourth-order valence-corrected chi connectivity index (χ4v) is 3.11. The van der Waals surface area contributed by atoms with Crippen molar-refractivity contribution in [2.75, 3.05) is 18.5 Å². The minimum atomic E-state index is 0.417. The lowest BCUT2D eigenvalue weighted by Crippen LogP contribution is -2.38. The van der Waals surface area contributed by atoms with E-state index >= 15 is 0 Å². The summed E-state index contributed by atoms with van der Waals surface area (Å²) in [7, 11) is 2.03. The van der Waals surface area contributed by atoms with Crippen LogP contribution in [0.5, 0.6) is 0 Å². The molecule has 1 aliphatic rings. The van der Waals surface area contributed by atoms with Crippen molar-refractivity contribution < 1.29 is 0 Å². The van der Waals surface area contributed by atoms with Gasteiger partial charge in [0, 0.05) is 13.1 Å². The van der Waals surface area contributed by atoms with Gasteiger partial charge in [0.2, 0.25) is 0 Å². The Bertz CT molecular complexity index is 467. The van der Waals surface area contributed by atoms with Crippen LogP contribution < -0.4 is 10.6 Å². The molecule has 0 spiro atoms. The molecule has 3 nitrogen and oxygen atoms in total. The van der Waals surface area contributed by atoms with Crippen LogP contribution in [0.25, 0.3) is 0 Å². The predicted octanol–water partition coefficient (Wildman–Crippen LogP) is 2.78. The quantitative estimate of drug-likeness (QED) is 0.912. The fourth-order valence-electron chi connectivity index (χ4n) is 2.90. The first kappa shape index (κ1) is 13.2. The molecule has 1 saturated carbocycles. The number of nitriles is 1. The molecule has 0 radical (unpaired) electrons. The molecule has 2 N–H and O–H groups in total. The Kier molecular flexibility index (Phi) is 4.11. The largest absolute Gasteiger partial charge is 0.370 e. The summed E-state index contributed by atoms with van der Waals surface area (Å²) < 4.78 is 0. The van der Waals surface area contributed by atoms with Gasteiger partial charge < -0.3 is 10.6 Å². The summed E-state index contributed by atoms with van der Waals surface area (Å²) in [5, 5.41) is 9.75. The van der Waals surface area contributed by atoms with Crippen molar-refractivity contribution >= 4 is 17.3 Å². The summed E-state index contributed by atoms with van der Waals surface area (Å²) in [6.45, 7) is 0.706. The van der Waals surface area contributed by atoms with Gasteiger partial charge in [-0.05, 0) is 37.4 Å². The van der Waals surface area contributed by atoms with Crippen molar-refractivity contribution in [1.29, 1.82) is 5.26 Å². The highest BCUT2D eigenvalue weighted by Crippen LogP contribution is 2.34. The molecule has 1 fully saturated rings. The Morgan fingerprint density at radius 1 is 1.50 bits per heavy atom. The molecule has 0 bridgehead atoms. The van der Waals surface area contributed by atoms with Crippen molar-refractivity contribution in [2.24, 2.45) is 11.7 Å². The van der Waals surface area contributed by atoms with Gasteiger partial charge in [-0.25, -0.2) is 0 Å². The molecular formula is C14H18ClN3. The van der Waals surface area contributed by atoms with E-state index < -0.39 is 0 Å². The molecule has 2 atom stereocenters. The summed E-state index contributed by atoms with van der Waals surface area (Å²) in [5.41, 5.74) is 7.29. The van der Waals surface area contributed by atoms with Crippen LogP contribution in [0.2, 0.25) is 5.02 Å². The second kappa shape index (κ2) is 5.60. The highest BCUT2D eigenvalue weighted by molar-refractivity contribution is 6.32. The standard InChI is InChI=1S/C14H18ClN3/c1-18(13-6-2-4-10(13)8-16)14-7-3-5-12(15)11(14)9-17/h3,5,7,10,13H,2,4,6,8,16H2,1H3. The van der Waals surface area contributed by atoms with E-state index in [9.17, 15) is 5.26 Å². The maximum Gasteiger partial charge on any atom is 0.103 e. The first-order valence-electron chi connectivity index (χ1n) is 6.30. The number of rotatable bonds is 3. The van der Waals surface area contributed by atoms with Crippen molar-refractivity contribution in [3.63, 3.8) is 0 Å². The number of anilines is 1. The van der Waals surface area contributed by atoms with E-state index in [2.05, 4.69) is 11.0 Å². The molecule has 0 saturated heterocycles. The zero-order valence-electron chi connectivity index (χ0n) is 10.6. The van der Waals surface area contributed by atoms with Crippen LogP contribution in [0.15, 0.2) is 18.2 Å². The van der Waals surface area contributed by atoms with E-state index in [1.807, 2.05) is 19.2 Å². The van der Waals surface area contributed by atoms with Crippen LogP contribution >= 0.6 is 11.6 Å². The fraction of sp³-hybridized carbons (Fsp3) is 0.500. The molecule has 0 aliphatic heterocycles. The smallest absolute Gasteiger partial charge is 0.103 e. The van der Waals surface area contributed by atoms with E-state index in [0.717, 1.165) is 12.1 Å². The maximum atomic E-state index is 9.23. The lowest BCUT2D eigenvalue weighted by Gasteiger charge is -2.31. The molecule has 4 heteroatoms. The molecule has 0 aromatic heterocycles.